The predicted molar refractivity (Wildman–Crippen MR) is 78.1 cm³/mol. The van der Waals surface area contributed by atoms with Gasteiger partial charge in [0, 0.05) is 25.7 Å². The summed E-state index contributed by atoms with van der Waals surface area (Å²) < 4.78 is 0. The number of nitrogens with zero attached hydrogens (tertiary/aromatic N) is 2. The quantitative estimate of drug-likeness (QED) is 0.755. The van der Waals surface area contributed by atoms with Gasteiger partial charge in [-0.3, -0.25) is 9.69 Å². The zero-order chi connectivity index (χ0) is 13.7. The van der Waals surface area contributed by atoms with Crippen LogP contribution in [0.25, 0.3) is 0 Å². The summed E-state index contributed by atoms with van der Waals surface area (Å²) in [5.74, 6) is 1.04. The van der Waals surface area contributed by atoms with Gasteiger partial charge in [0.25, 0.3) is 0 Å². The summed E-state index contributed by atoms with van der Waals surface area (Å²) in [6.07, 6.45) is 5.17. The Labute approximate surface area is 117 Å². The van der Waals surface area contributed by atoms with Crippen LogP contribution in [0, 0.1) is 5.92 Å². The summed E-state index contributed by atoms with van der Waals surface area (Å²) in [6.45, 7) is 9.81. The van der Waals surface area contributed by atoms with Crippen molar-refractivity contribution >= 4 is 5.91 Å². The molecule has 110 valence electrons. The van der Waals surface area contributed by atoms with Crippen molar-refractivity contribution in [2.45, 2.75) is 45.6 Å². The summed E-state index contributed by atoms with van der Waals surface area (Å²) in [6, 6.07) is 0.682. The van der Waals surface area contributed by atoms with Gasteiger partial charge in [-0.05, 0) is 58.5 Å². The molecule has 19 heavy (non-hydrogen) atoms. The van der Waals surface area contributed by atoms with Gasteiger partial charge in [0.05, 0.1) is 6.54 Å². The van der Waals surface area contributed by atoms with E-state index in [1.807, 2.05) is 4.90 Å². The number of hydrogen-bond donors (Lipinski definition) is 1. The molecular weight excluding hydrogens is 238 g/mol. The van der Waals surface area contributed by atoms with Gasteiger partial charge >= 0.3 is 0 Å². The molecule has 4 heteroatoms. The van der Waals surface area contributed by atoms with Gasteiger partial charge in [-0.15, -0.1) is 0 Å². The van der Waals surface area contributed by atoms with Crippen molar-refractivity contribution in [2.24, 2.45) is 5.92 Å². The summed E-state index contributed by atoms with van der Waals surface area (Å²) >= 11 is 0. The van der Waals surface area contributed by atoms with E-state index < -0.39 is 0 Å². The van der Waals surface area contributed by atoms with Crippen LogP contribution in [0.15, 0.2) is 0 Å². The number of nitrogens with one attached hydrogen (secondary N) is 1. The van der Waals surface area contributed by atoms with Crippen LogP contribution in [-0.2, 0) is 4.79 Å². The molecule has 0 aromatic carbocycles. The first kappa shape index (κ1) is 14.8. The lowest BCUT2D eigenvalue weighted by Gasteiger charge is -2.31. The molecule has 2 rings (SSSR count). The van der Waals surface area contributed by atoms with Crippen LogP contribution in [0.1, 0.15) is 39.5 Å². The third kappa shape index (κ3) is 4.46. The minimum absolute atomic E-state index is 0.306. The lowest BCUT2D eigenvalue weighted by Crippen LogP contribution is -2.45. The van der Waals surface area contributed by atoms with E-state index in [9.17, 15) is 4.79 Å². The topological polar surface area (TPSA) is 35.6 Å². The van der Waals surface area contributed by atoms with Crippen LogP contribution in [0.2, 0.25) is 0 Å². The van der Waals surface area contributed by atoms with Gasteiger partial charge in [-0.2, -0.15) is 0 Å². The number of rotatable bonds is 7. The predicted octanol–water partition coefficient (Wildman–Crippen LogP) is 1.32. The third-order valence-corrected chi connectivity index (χ3v) is 4.41. The average molecular weight is 267 g/mol. The molecule has 0 radical (unpaired) electrons. The highest BCUT2D eigenvalue weighted by Crippen LogP contribution is 2.28. The van der Waals surface area contributed by atoms with E-state index in [-0.39, 0.29) is 0 Å². The van der Waals surface area contributed by atoms with Gasteiger partial charge in [0.15, 0.2) is 0 Å². The third-order valence-electron chi connectivity index (χ3n) is 4.41. The fraction of sp³-hybridized carbons (Fsp3) is 0.933. The van der Waals surface area contributed by atoms with E-state index in [1.165, 1.54) is 25.7 Å². The maximum absolute atomic E-state index is 12.3. The first-order valence-electron chi connectivity index (χ1n) is 7.97. The molecule has 1 aliphatic heterocycles. The van der Waals surface area contributed by atoms with Crippen LogP contribution in [0.5, 0.6) is 0 Å². The standard InChI is InChI=1S/C15H29N3O/c1-3-17(4-2)15(19)12-18(14-7-8-14)11-13-6-5-9-16-10-13/h13-14,16H,3-12H2,1-2H3. The van der Waals surface area contributed by atoms with Crippen molar-refractivity contribution in [3.8, 4) is 0 Å². The molecule has 1 amide bonds. The molecular formula is C15H29N3O. The number of hydrogen-bond acceptors (Lipinski definition) is 3. The summed E-state index contributed by atoms with van der Waals surface area (Å²) in [5.41, 5.74) is 0. The van der Waals surface area contributed by atoms with E-state index in [0.717, 1.165) is 38.6 Å². The smallest absolute Gasteiger partial charge is 0.236 e. The number of amides is 1. The molecule has 1 heterocycles. The van der Waals surface area contributed by atoms with Crippen molar-refractivity contribution in [3.63, 3.8) is 0 Å². The van der Waals surface area contributed by atoms with E-state index in [2.05, 4.69) is 24.1 Å². The fourth-order valence-electron chi connectivity index (χ4n) is 3.04. The second kappa shape index (κ2) is 7.25. The Morgan fingerprint density at radius 1 is 1.21 bits per heavy atom. The van der Waals surface area contributed by atoms with Crippen molar-refractivity contribution < 1.29 is 4.79 Å². The molecule has 1 atom stereocenters. The molecule has 0 spiro atoms. The van der Waals surface area contributed by atoms with Crippen molar-refractivity contribution in [1.82, 2.24) is 15.1 Å². The molecule has 1 N–H and O–H groups in total. The van der Waals surface area contributed by atoms with Gasteiger partial charge < -0.3 is 10.2 Å². The number of piperidine rings is 1. The van der Waals surface area contributed by atoms with Gasteiger partial charge in [-0.25, -0.2) is 0 Å². The van der Waals surface area contributed by atoms with Gasteiger partial charge in [0.2, 0.25) is 5.91 Å². The Morgan fingerprint density at radius 2 is 1.95 bits per heavy atom. The Bertz CT molecular complexity index is 281. The molecule has 1 aliphatic carbocycles. The van der Waals surface area contributed by atoms with Crippen LogP contribution in [0.3, 0.4) is 0 Å². The normalized spacial score (nSPS) is 23.6. The molecule has 0 aromatic rings. The zero-order valence-electron chi connectivity index (χ0n) is 12.5. The van der Waals surface area contributed by atoms with Crippen LogP contribution in [-0.4, -0.2) is 61.0 Å². The largest absolute Gasteiger partial charge is 0.342 e. The highest BCUT2D eigenvalue weighted by atomic mass is 16.2. The minimum atomic E-state index is 0.306. The molecule has 1 saturated heterocycles. The summed E-state index contributed by atoms with van der Waals surface area (Å²) in [4.78, 5) is 16.7. The van der Waals surface area contributed by atoms with E-state index in [1.54, 1.807) is 0 Å². The summed E-state index contributed by atoms with van der Waals surface area (Å²) in [7, 11) is 0. The van der Waals surface area contributed by atoms with Gasteiger partial charge in [-0.1, -0.05) is 0 Å². The average Bonchev–Trinajstić information content (AvgIpc) is 3.25. The lowest BCUT2D eigenvalue weighted by molar-refractivity contribution is -0.132. The monoisotopic (exact) mass is 267 g/mol. The Hall–Kier alpha value is -0.610. The zero-order valence-corrected chi connectivity index (χ0v) is 12.5. The molecule has 0 aromatic heterocycles. The van der Waals surface area contributed by atoms with Crippen molar-refractivity contribution in [1.29, 1.82) is 0 Å². The fourth-order valence-corrected chi connectivity index (χ4v) is 3.04. The second-order valence-electron chi connectivity index (χ2n) is 5.94. The molecule has 0 bridgehead atoms. The van der Waals surface area contributed by atoms with Crippen LogP contribution in [0.4, 0.5) is 0 Å². The lowest BCUT2D eigenvalue weighted by atomic mass is 9.99. The van der Waals surface area contributed by atoms with E-state index >= 15 is 0 Å². The minimum Gasteiger partial charge on any atom is -0.342 e. The maximum Gasteiger partial charge on any atom is 0.236 e. The second-order valence-corrected chi connectivity index (χ2v) is 5.94. The first-order chi connectivity index (χ1) is 9.24. The highest BCUT2D eigenvalue weighted by Gasteiger charge is 2.32. The maximum atomic E-state index is 12.3. The SMILES string of the molecule is CCN(CC)C(=O)CN(CC1CCCNC1)C1CC1. The number of carbonyl (C=O) groups is 1. The Kier molecular flexibility index (Phi) is 5.64. The molecule has 2 fully saturated rings. The molecule has 2 aliphatic rings. The summed E-state index contributed by atoms with van der Waals surface area (Å²) in [5, 5.41) is 3.48. The van der Waals surface area contributed by atoms with Crippen LogP contribution < -0.4 is 5.32 Å². The first-order valence-corrected chi connectivity index (χ1v) is 7.97. The van der Waals surface area contributed by atoms with Crippen molar-refractivity contribution in [3.05, 3.63) is 0 Å². The molecule has 4 nitrogen and oxygen atoms in total. The highest BCUT2D eigenvalue weighted by molar-refractivity contribution is 5.78. The Balaban J connectivity index is 1.83. The number of carbonyl (C=O) groups excluding carboxylic acids is 1. The van der Waals surface area contributed by atoms with Crippen molar-refractivity contribution in [2.75, 3.05) is 39.3 Å². The van der Waals surface area contributed by atoms with Crippen LogP contribution >= 0.6 is 0 Å². The van der Waals surface area contributed by atoms with E-state index in [4.69, 9.17) is 0 Å². The van der Waals surface area contributed by atoms with Gasteiger partial charge in [0.1, 0.15) is 0 Å². The number of likely N-dealkylation sites (N-methyl/N-ethyl adjacent to an activating group) is 1. The van der Waals surface area contributed by atoms with E-state index in [0.29, 0.717) is 18.5 Å². The molecule has 1 unspecified atom stereocenters. The Morgan fingerprint density at radius 3 is 2.47 bits per heavy atom. The molecule has 1 saturated carbocycles.